The molecule has 0 spiro atoms. The van der Waals surface area contributed by atoms with Gasteiger partial charge in [0.25, 0.3) is 0 Å². The lowest BCUT2D eigenvalue weighted by Gasteiger charge is -2.14. The van der Waals surface area contributed by atoms with Gasteiger partial charge in [0, 0.05) is 11.6 Å². The van der Waals surface area contributed by atoms with Gasteiger partial charge in [-0.15, -0.1) is 0 Å². The Labute approximate surface area is 199 Å². The minimum Gasteiger partial charge on any atom is -0.493 e. The highest BCUT2D eigenvalue weighted by molar-refractivity contribution is 6.15. The number of aryl methyl sites for hydroxylation is 1. The van der Waals surface area contributed by atoms with Crippen LogP contribution in [0.25, 0.3) is 12.2 Å². The maximum atomic E-state index is 13.1. The number of Topliss-reactive ketones (excluding diaryl/α,β-unsaturated/α-hetero) is 1. The van der Waals surface area contributed by atoms with E-state index in [-0.39, 0.29) is 11.5 Å². The lowest BCUT2D eigenvalue weighted by molar-refractivity contribution is 0.101. The van der Waals surface area contributed by atoms with Crippen molar-refractivity contribution in [3.63, 3.8) is 0 Å². The molecule has 174 valence electrons. The van der Waals surface area contributed by atoms with Gasteiger partial charge >= 0.3 is 0 Å². The van der Waals surface area contributed by atoms with Crippen molar-refractivity contribution < 1.29 is 28.5 Å². The van der Waals surface area contributed by atoms with E-state index in [9.17, 15) is 4.79 Å². The van der Waals surface area contributed by atoms with Crippen LogP contribution in [0, 0.1) is 6.92 Å². The molecule has 0 aromatic heterocycles. The van der Waals surface area contributed by atoms with Gasteiger partial charge in [0.05, 0.1) is 26.9 Å². The fourth-order valence-corrected chi connectivity index (χ4v) is 3.86. The number of fused-ring (bicyclic) bond motifs is 1. The minimum absolute atomic E-state index is 0.195. The van der Waals surface area contributed by atoms with Crippen molar-refractivity contribution in [2.24, 2.45) is 0 Å². The van der Waals surface area contributed by atoms with Gasteiger partial charge in [-0.05, 0) is 47.9 Å². The molecule has 6 heteroatoms. The molecule has 1 heterocycles. The van der Waals surface area contributed by atoms with Crippen molar-refractivity contribution in [3.05, 3.63) is 88.7 Å². The van der Waals surface area contributed by atoms with Crippen LogP contribution in [0.15, 0.2) is 60.9 Å². The number of hydrogen-bond donors (Lipinski definition) is 0. The first-order valence-corrected chi connectivity index (χ1v) is 10.7. The summed E-state index contributed by atoms with van der Waals surface area (Å²) in [5.41, 5.74) is 4.01. The van der Waals surface area contributed by atoms with Crippen LogP contribution >= 0.6 is 0 Å². The van der Waals surface area contributed by atoms with Crippen molar-refractivity contribution in [2.45, 2.75) is 13.5 Å². The molecule has 0 N–H and O–H groups in total. The smallest absolute Gasteiger partial charge is 0.232 e. The van der Waals surface area contributed by atoms with E-state index < -0.39 is 0 Å². The molecule has 3 aromatic carbocycles. The number of hydrogen-bond acceptors (Lipinski definition) is 6. The maximum Gasteiger partial charge on any atom is 0.232 e. The van der Waals surface area contributed by atoms with Gasteiger partial charge in [-0.1, -0.05) is 36.9 Å². The van der Waals surface area contributed by atoms with Crippen LogP contribution in [0.2, 0.25) is 0 Å². The molecule has 34 heavy (non-hydrogen) atoms. The zero-order valence-corrected chi connectivity index (χ0v) is 19.6. The lowest BCUT2D eigenvalue weighted by Crippen LogP contribution is -2.01. The van der Waals surface area contributed by atoms with E-state index in [1.807, 2.05) is 37.3 Å². The van der Waals surface area contributed by atoms with Crippen LogP contribution in [-0.2, 0) is 6.61 Å². The molecular formula is C28H26O6. The molecule has 3 aromatic rings. The van der Waals surface area contributed by atoms with E-state index >= 15 is 0 Å². The zero-order valence-electron chi connectivity index (χ0n) is 19.6. The highest BCUT2D eigenvalue weighted by Gasteiger charge is 2.30. The minimum atomic E-state index is -0.198. The molecule has 0 fully saturated rings. The molecule has 4 rings (SSSR count). The molecular weight excluding hydrogens is 432 g/mol. The number of methoxy groups -OCH3 is 3. The van der Waals surface area contributed by atoms with Crippen LogP contribution in [0.5, 0.6) is 28.7 Å². The number of allylic oxidation sites excluding steroid dienone is 1. The topological polar surface area (TPSA) is 63.2 Å². The van der Waals surface area contributed by atoms with E-state index in [1.54, 1.807) is 37.5 Å². The van der Waals surface area contributed by atoms with Gasteiger partial charge in [-0.25, -0.2) is 0 Å². The largest absolute Gasteiger partial charge is 0.493 e. The second-order valence-electron chi connectivity index (χ2n) is 7.71. The van der Waals surface area contributed by atoms with Crippen molar-refractivity contribution in [2.75, 3.05) is 21.3 Å². The molecule has 1 aliphatic heterocycles. The monoisotopic (exact) mass is 458 g/mol. The fraction of sp³-hybridized carbons (Fsp3) is 0.179. The predicted molar refractivity (Wildman–Crippen MR) is 131 cm³/mol. The van der Waals surface area contributed by atoms with Gasteiger partial charge in [-0.2, -0.15) is 0 Å². The number of ether oxygens (including phenoxy) is 5. The molecule has 0 aliphatic carbocycles. The average Bonchev–Trinajstić information content (AvgIpc) is 3.17. The first-order chi connectivity index (χ1) is 16.5. The summed E-state index contributed by atoms with van der Waals surface area (Å²) in [6.07, 6.45) is 3.44. The average molecular weight is 459 g/mol. The Morgan fingerprint density at radius 1 is 0.941 bits per heavy atom. The van der Waals surface area contributed by atoms with Crippen molar-refractivity contribution in [3.8, 4) is 28.7 Å². The summed E-state index contributed by atoms with van der Waals surface area (Å²) in [5.74, 6) is 2.51. The SMILES string of the molecule is C=Cc1ccc(COc2cc(C)c3c(c2)O/C(=C\c2ccc(OC)c(OC)c2OC)C3=O)cc1. The van der Waals surface area contributed by atoms with Crippen LogP contribution in [0.4, 0.5) is 0 Å². The van der Waals surface area contributed by atoms with Crippen molar-refractivity contribution >= 4 is 17.9 Å². The Morgan fingerprint density at radius 2 is 1.68 bits per heavy atom. The lowest BCUT2D eigenvalue weighted by atomic mass is 10.0. The highest BCUT2D eigenvalue weighted by Crippen LogP contribution is 2.42. The van der Waals surface area contributed by atoms with Crippen LogP contribution < -0.4 is 23.7 Å². The number of rotatable bonds is 8. The zero-order chi connectivity index (χ0) is 24.2. The van der Waals surface area contributed by atoms with Crippen molar-refractivity contribution in [1.29, 1.82) is 0 Å². The molecule has 0 saturated carbocycles. The molecule has 1 aliphatic rings. The van der Waals surface area contributed by atoms with Crippen molar-refractivity contribution in [1.82, 2.24) is 0 Å². The third-order valence-electron chi connectivity index (χ3n) is 5.59. The van der Waals surface area contributed by atoms with Crippen LogP contribution in [-0.4, -0.2) is 27.1 Å². The Hall–Kier alpha value is -4.19. The van der Waals surface area contributed by atoms with Crippen LogP contribution in [0.1, 0.15) is 32.6 Å². The summed E-state index contributed by atoms with van der Waals surface area (Å²) in [6, 6.07) is 15.1. The third kappa shape index (κ3) is 4.35. The summed E-state index contributed by atoms with van der Waals surface area (Å²) in [5, 5.41) is 0. The third-order valence-corrected chi connectivity index (χ3v) is 5.59. The fourth-order valence-electron chi connectivity index (χ4n) is 3.86. The van der Waals surface area contributed by atoms with Gasteiger partial charge in [0.2, 0.25) is 11.5 Å². The second-order valence-corrected chi connectivity index (χ2v) is 7.71. The quantitative estimate of drug-likeness (QED) is 0.394. The van der Waals surface area contributed by atoms with E-state index in [0.29, 0.717) is 46.5 Å². The molecule has 0 radical (unpaired) electrons. The number of benzene rings is 3. The summed E-state index contributed by atoms with van der Waals surface area (Å²) >= 11 is 0. The Kier molecular flexibility index (Phi) is 6.59. The summed E-state index contributed by atoms with van der Waals surface area (Å²) in [4.78, 5) is 13.1. The maximum absolute atomic E-state index is 13.1. The van der Waals surface area contributed by atoms with Gasteiger partial charge in [0.15, 0.2) is 17.3 Å². The van der Waals surface area contributed by atoms with E-state index in [4.69, 9.17) is 23.7 Å². The number of carbonyl (C=O) groups excluding carboxylic acids is 1. The number of ketones is 1. The second kappa shape index (κ2) is 9.75. The van der Waals surface area contributed by atoms with Gasteiger partial charge < -0.3 is 23.7 Å². The van der Waals surface area contributed by atoms with Gasteiger partial charge in [-0.3, -0.25) is 4.79 Å². The normalized spacial score (nSPS) is 13.3. The predicted octanol–water partition coefficient (Wildman–Crippen LogP) is 5.86. The first kappa shape index (κ1) is 23.0. The molecule has 0 amide bonds. The molecule has 0 atom stereocenters. The van der Waals surface area contributed by atoms with Gasteiger partial charge in [0.1, 0.15) is 18.1 Å². The van der Waals surface area contributed by atoms with E-state index in [2.05, 4.69) is 6.58 Å². The molecule has 0 unspecified atom stereocenters. The van der Waals surface area contributed by atoms with Crippen LogP contribution in [0.3, 0.4) is 0 Å². The Balaban J connectivity index is 1.60. The highest BCUT2D eigenvalue weighted by atomic mass is 16.5. The summed E-state index contributed by atoms with van der Waals surface area (Å²) in [6.45, 7) is 6.03. The molecule has 0 bridgehead atoms. The molecule has 0 saturated heterocycles. The Bertz CT molecular complexity index is 1270. The van der Waals surface area contributed by atoms with E-state index in [0.717, 1.165) is 16.7 Å². The van der Waals surface area contributed by atoms with E-state index in [1.165, 1.54) is 14.2 Å². The number of carbonyl (C=O) groups is 1. The molecule has 6 nitrogen and oxygen atoms in total. The summed E-state index contributed by atoms with van der Waals surface area (Å²) in [7, 11) is 4.61. The summed E-state index contributed by atoms with van der Waals surface area (Å²) < 4.78 is 28.2. The standard InChI is InChI=1S/C28H26O6/c1-6-18-7-9-19(10-8-18)16-33-21-13-17(2)25-23(15-21)34-24(26(25)29)14-20-11-12-22(30-3)28(32-5)27(20)31-4/h6-15H,1,16H2,2-5H3/b24-14-. The Morgan fingerprint density at radius 3 is 2.32 bits per heavy atom. The first-order valence-electron chi connectivity index (χ1n) is 10.7.